The summed E-state index contributed by atoms with van der Waals surface area (Å²) in [4.78, 5) is 28.4. The fraction of sp³-hybridized carbons (Fsp3) is 0.545. The molecule has 1 aliphatic rings. The van der Waals surface area contributed by atoms with Crippen molar-refractivity contribution in [3.63, 3.8) is 0 Å². The zero-order valence-corrected chi connectivity index (χ0v) is 10.9. The molecule has 2 heterocycles. The maximum absolute atomic E-state index is 11.4. The summed E-state index contributed by atoms with van der Waals surface area (Å²) < 4.78 is 0. The summed E-state index contributed by atoms with van der Waals surface area (Å²) in [6, 6.07) is -0.331. The summed E-state index contributed by atoms with van der Waals surface area (Å²) in [6.07, 6.45) is 0. The van der Waals surface area contributed by atoms with Crippen LogP contribution < -0.4 is 5.32 Å². The summed E-state index contributed by atoms with van der Waals surface area (Å²) in [5.74, 6) is -0.192. The molecule has 0 unspecified atom stereocenters. The van der Waals surface area contributed by atoms with E-state index in [2.05, 4.69) is 31.1 Å². The van der Waals surface area contributed by atoms with Crippen LogP contribution in [0.1, 0.15) is 31.5 Å². The van der Waals surface area contributed by atoms with E-state index >= 15 is 0 Å². The molecule has 0 bridgehead atoms. The van der Waals surface area contributed by atoms with Crippen LogP contribution in [0.25, 0.3) is 0 Å². The molecule has 6 heteroatoms. The fourth-order valence-electron chi connectivity index (χ4n) is 1.48. The topological polar surface area (TPSA) is 62.3 Å². The number of nitrogens with one attached hydrogen (secondary N) is 1. The Labute approximate surface area is 104 Å². The van der Waals surface area contributed by atoms with Crippen molar-refractivity contribution < 1.29 is 9.59 Å². The molecule has 1 N–H and O–H groups in total. The number of amides is 3. The Hall–Kier alpha value is -1.43. The van der Waals surface area contributed by atoms with Crippen LogP contribution in [0.3, 0.4) is 0 Å². The number of imide groups is 1. The number of nitrogens with zero attached hydrogens (tertiary/aromatic N) is 2. The molecule has 3 amide bonds. The molecule has 1 fully saturated rings. The highest BCUT2D eigenvalue weighted by molar-refractivity contribution is 7.09. The molecule has 1 aliphatic heterocycles. The van der Waals surface area contributed by atoms with Gasteiger partial charge in [0.05, 0.1) is 18.8 Å². The van der Waals surface area contributed by atoms with Crippen molar-refractivity contribution in [3.8, 4) is 0 Å². The molecular formula is C11H15N3O2S. The van der Waals surface area contributed by atoms with E-state index in [0.717, 1.165) is 10.7 Å². The van der Waals surface area contributed by atoms with Gasteiger partial charge >= 0.3 is 6.03 Å². The number of thiazole rings is 1. The number of hydrogen-bond donors (Lipinski definition) is 1. The van der Waals surface area contributed by atoms with Gasteiger partial charge in [-0.15, -0.1) is 11.3 Å². The number of aromatic nitrogens is 1. The first kappa shape index (κ1) is 12.0. The van der Waals surface area contributed by atoms with Gasteiger partial charge in [-0.05, 0) is 0 Å². The van der Waals surface area contributed by atoms with Crippen molar-refractivity contribution in [2.24, 2.45) is 0 Å². The molecule has 0 radical (unpaired) electrons. The summed E-state index contributed by atoms with van der Waals surface area (Å²) in [5.41, 5.74) is 0.982. The molecule has 92 valence electrons. The Kier molecular flexibility index (Phi) is 2.91. The van der Waals surface area contributed by atoms with Crippen LogP contribution >= 0.6 is 11.3 Å². The highest BCUT2D eigenvalue weighted by Gasteiger charge is 2.29. The van der Waals surface area contributed by atoms with Crippen molar-refractivity contribution in [2.45, 2.75) is 32.7 Å². The lowest BCUT2D eigenvalue weighted by atomic mass is 9.93. The Balaban J connectivity index is 2.12. The van der Waals surface area contributed by atoms with E-state index in [1.807, 2.05) is 5.38 Å². The van der Waals surface area contributed by atoms with E-state index in [-0.39, 0.29) is 30.4 Å². The van der Waals surface area contributed by atoms with Gasteiger partial charge in [0.2, 0.25) is 5.91 Å². The predicted octanol–water partition coefficient (Wildman–Crippen LogP) is 1.49. The highest BCUT2D eigenvalue weighted by atomic mass is 32.1. The van der Waals surface area contributed by atoms with Crippen molar-refractivity contribution in [1.82, 2.24) is 15.2 Å². The average molecular weight is 253 g/mol. The van der Waals surface area contributed by atoms with Gasteiger partial charge in [-0.3, -0.25) is 9.69 Å². The van der Waals surface area contributed by atoms with E-state index in [9.17, 15) is 9.59 Å². The molecule has 1 aromatic heterocycles. The van der Waals surface area contributed by atoms with Crippen molar-refractivity contribution >= 4 is 23.3 Å². The van der Waals surface area contributed by atoms with E-state index < -0.39 is 0 Å². The molecule has 0 spiro atoms. The smallest absolute Gasteiger partial charge is 0.324 e. The van der Waals surface area contributed by atoms with E-state index in [4.69, 9.17) is 0 Å². The van der Waals surface area contributed by atoms with E-state index in [0.29, 0.717) is 0 Å². The third-order valence-corrected chi connectivity index (χ3v) is 3.38. The predicted molar refractivity (Wildman–Crippen MR) is 64.8 cm³/mol. The lowest BCUT2D eigenvalue weighted by Crippen LogP contribution is -2.30. The number of urea groups is 1. The van der Waals surface area contributed by atoms with Gasteiger partial charge in [0.1, 0.15) is 5.01 Å². The van der Waals surface area contributed by atoms with E-state index in [1.54, 1.807) is 0 Å². The number of carbonyl (C=O) groups is 2. The van der Waals surface area contributed by atoms with Crippen molar-refractivity contribution in [2.75, 3.05) is 6.54 Å². The van der Waals surface area contributed by atoms with E-state index in [1.165, 1.54) is 16.2 Å². The number of hydrogen-bond acceptors (Lipinski definition) is 4. The number of rotatable bonds is 2. The average Bonchev–Trinajstić information content (AvgIpc) is 2.79. The minimum Gasteiger partial charge on any atom is -0.329 e. The second-order valence-electron chi connectivity index (χ2n) is 5.02. The molecule has 0 saturated carbocycles. The Morgan fingerprint density at radius 2 is 2.18 bits per heavy atom. The molecule has 1 aromatic rings. The first-order chi connectivity index (χ1) is 7.88. The summed E-state index contributed by atoms with van der Waals surface area (Å²) in [7, 11) is 0. The van der Waals surface area contributed by atoms with Crippen LogP contribution in [0.15, 0.2) is 5.38 Å². The maximum Gasteiger partial charge on any atom is 0.324 e. The second kappa shape index (κ2) is 4.10. The monoisotopic (exact) mass is 253 g/mol. The molecule has 0 aromatic carbocycles. The zero-order chi connectivity index (χ0) is 12.6. The minimum absolute atomic E-state index is 0.00791. The maximum atomic E-state index is 11.4. The fourth-order valence-corrected chi connectivity index (χ4v) is 2.49. The largest absolute Gasteiger partial charge is 0.329 e. The standard InChI is InChI=1S/C11H15N3O2S/c1-11(2,3)7-6-17-8(13-7)5-14-9(15)4-12-10(14)16/h6H,4-5H2,1-3H3,(H,12,16). The lowest BCUT2D eigenvalue weighted by Gasteiger charge is -2.14. The molecular weight excluding hydrogens is 238 g/mol. The SMILES string of the molecule is CC(C)(C)c1csc(CN2C(=O)CNC2=O)n1. The van der Waals surface area contributed by atoms with Gasteiger partial charge in [0.15, 0.2) is 0 Å². The third-order valence-electron chi connectivity index (χ3n) is 2.55. The van der Waals surface area contributed by atoms with Crippen molar-refractivity contribution in [3.05, 3.63) is 16.1 Å². The molecule has 0 atom stereocenters. The van der Waals surface area contributed by atoms with Gasteiger partial charge in [-0.2, -0.15) is 0 Å². The van der Waals surface area contributed by atoms with Crippen LogP contribution in [-0.2, 0) is 16.8 Å². The van der Waals surface area contributed by atoms with Crippen LogP contribution in [0.5, 0.6) is 0 Å². The summed E-state index contributed by atoms with van der Waals surface area (Å²) in [6.45, 7) is 6.61. The van der Waals surface area contributed by atoms with Crippen LogP contribution in [0.2, 0.25) is 0 Å². The summed E-state index contributed by atoms with van der Waals surface area (Å²) in [5, 5.41) is 5.26. The minimum atomic E-state index is -0.331. The van der Waals surface area contributed by atoms with Gasteiger partial charge in [-0.25, -0.2) is 9.78 Å². The quantitative estimate of drug-likeness (QED) is 0.812. The van der Waals surface area contributed by atoms with Gasteiger partial charge in [-0.1, -0.05) is 20.8 Å². The first-order valence-electron chi connectivity index (χ1n) is 5.41. The lowest BCUT2D eigenvalue weighted by molar-refractivity contribution is -0.125. The Bertz CT molecular complexity index is 446. The van der Waals surface area contributed by atoms with Gasteiger partial charge in [0, 0.05) is 10.8 Å². The molecule has 5 nitrogen and oxygen atoms in total. The van der Waals surface area contributed by atoms with Gasteiger partial charge in [0.25, 0.3) is 0 Å². The summed E-state index contributed by atoms with van der Waals surface area (Å²) >= 11 is 1.48. The molecule has 17 heavy (non-hydrogen) atoms. The van der Waals surface area contributed by atoms with Gasteiger partial charge < -0.3 is 5.32 Å². The molecule has 2 rings (SSSR count). The molecule has 0 aliphatic carbocycles. The highest BCUT2D eigenvalue weighted by Crippen LogP contribution is 2.24. The zero-order valence-electron chi connectivity index (χ0n) is 10.1. The van der Waals surface area contributed by atoms with Crippen molar-refractivity contribution in [1.29, 1.82) is 0 Å². The third kappa shape index (κ3) is 2.46. The Morgan fingerprint density at radius 1 is 1.47 bits per heavy atom. The normalized spacial score (nSPS) is 16.5. The number of carbonyl (C=O) groups excluding carboxylic acids is 2. The van der Waals surface area contributed by atoms with Crippen LogP contribution in [-0.4, -0.2) is 28.4 Å². The molecule has 1 saturated heterocycles. The second-order valence-corrected chi connectivity index (χ2v) is 5.96. The van der Waals surface area contributed by atoms with Crippen LogP contribution in [0, 0.1) is 0 Å². The van der Waals surface area contributed by atoms with Crippen LogP contribution in [0.4, 0.5) is 4.79 Å². The Morgan fingerprint density at radius 3 is 2.65 bits per heavy atom. The first-order valence-corrected chi connectivity index (χ1v) is 6.29.